The van der Waals surface area contributed by atoms with Gasteiger partial charge in [-0.15, -0.1) is 0 Å². The van der Waals surface area contributed by atoms with Crippen LogP contribution in [0.2, 0.25) is 5.02 Å². The van der Waals surface area contributed by atoms with Crippen LogP contribution < -0.4 is 4.90 Å². The number of rotatable bonds is 4. The molecule has 0 radical (unpaired) electrons. The molecule has 34 heavy (non-hydrogen) atoms. The Labute approximate surface area is 202 Å². The number of halogens is 1. The zero-order chi connectivity index (χ0) is 24.1. The summed E-state index contributed by atoms with van der Waals surface area (Å²) in [6, 6.07) is 5.85. The number of β-amino-alcohol motifs (C(OH)–C–C–N with tert-alkyl or cyclic N) is 1. The van der Waals surface area contributed by atoms with Gasteiger partial charge in [-0.2, -0.15) is 0 Å². The summed E-state index contributed by atoms with van der Waals surface area (Å²) >= 11 is 6.04. The summed E-state index contributed by atoms with van der Waals surface area (Å²) in [6.07, 6.45) is 8.35. The molecule has 2 amide bonds. The molecule has 1 aromatic carbocycles. The number of likely N-dealkylation sites (tertiary alicyclic amines) is 1. The first kappa shape index (κ1) is 23.1. The Morgan fingerprint density at radius 2 is 1.85 bits per heavy atom. The van der Waals surface area contributed by atoms with Gasteiger partial charge < -0.3 is 24.4 Å². The molecule has 8 nitrogen and oxygen atoms in total. The molecule has 1 spiro atoms. The van der Waals surface area contributed by atoms with Crippen molar-refractivity contribution in [2.75, 3.05) is 31.2 Å². The highest BCUT2D eigenvalue weighted by molar-refractivity contribution is 6.30. The summed E-state index contributed by atoms with van der Waals surface area (Å²) in [5, 5.41) is 10.3. The number of aliphatic hydroxyl groups is 1. The number of aliphatic hydroxyl groups excluding tert-OH is 1. The van der Waals surface area contributed by atoms with E-state index >= 15 is 0 Å². The number of hydrogen-bond donors (Lipinski definition) is 1. The van der Waals surface area contributed by atoms with E-state index in [1.165, 1.54) is 4.90 Å². The van der Waals surface area contributed by atoms with Crippen LogP contribution in [0, 0.1) is 11.8 Å². The van der Waals surface area contributed by atoms with Crippen molar-refractivity contribution in [3.63, 3.8) is 0 Å². The average molecular weight is 487 g/mol. The summed E-state index contributed by atoms with van der Waals surface area (Å²) < 4.78 is 12.2. The predicted molar refractivity (Wildman–Crippen MR) is 124 cm³/mol. The molecule has 1 unspecified atom stereocenters. The monoisotopic (exact) mass is 486 g/mol. The van der Waals surface area contributed by atoms with E-state index in [1.807, 2.05) is 25.2 Å². The second kappa shape index (κ2) is 8.52. The van der Waals surface area contributed by atoms with Crippen molar-refractivity contribution in [2.45, 2.75) is 37.0 Å². The number of carbonyl (C=O) groups is 3. The highest BCUT2D eigenvalue weighted by Crippen LogP contribution is 2.58. The van der Waals surface area contributed by atoms with E-state index in [1.54, 1.807) is 35.2 Å². The van der Waals surface area contributed by atoms with Gasteiger partial charge >= 0.3 is 5.97 Å². The molecule has 4 aliphatic rings. The highest BCUT2D eigenvalue weighted by Gasteiger charge is 2.75. The molecule has 2 saturated heterocycles. The van der Waals surface area contributed by atoms with E-state index in [9.17, 15) is 19.5 Å². The number of hydrogen-bond acceptors (Lipinski definition) is 6. The standard InChI is InChI=1S/C25H27ClN2O6/c1-2-24-10-3-4-15-33-23(32)19(24)18-21(30)28(13-14-29)20-22(31)27(12-5-11-25(18,20)34-24)17-8-6-16(26)7-9-17/h3,5-11,18-20,29H,2,4,12-15H2,1H3/t18-,19+,20?,24-,25-/m0/s1. The maximum Gasteiger partial charge on any atom is 0.313 e. The summed E-state index contributed by atoms with van der Waals surface area (Å²) in [4.78, 5) is 44.0. The van der Waals surface area contributed by atoms with E-state index in [4.69, 9.17) is 21.1 Å². The summed E-state index contributed by atoms with van der Waals surface area (Å²) in [5.41, 5.74) is -1.80. The lowest BCUT2D eigenvalue weighted by molar-refractivity contribution is -0.160. The molecule has 4 aliphatic heterocycles. The number of anilines is 1. The Bertz CT molecular complexity index is 1070. The van der Waals surface area contributed by atoms with Crippen LogP contribution in [0.25, 0.3) is 0 Å². The number of fused-ring (bicyclic) bond motifs is 2. The van der Waals surface area contributed by atoms with Gasteiger partial charge in [-0.3, -0.25) is 14.4 Å². The van der Waals surface area contributed by atoms with E-state index in [2.05, 4.69) is 0 Å². The molecule has 5 rings (SSSR count). The second-order valence-electron chi connectivity index (χ2n) is 9.06. The van der Waals surface area contributed by atoms with Gasteiger partial charge in [0.15, 0.2) is 0 Å². The minimum atomic E-state index is -1.36. The molecule has 0 bridgehead atoms. The van der Waals surface area contributed by atoms with Crippen molar-refractivity contribution in [2.24, 2.45) is 11.8 Å². The number of carbonyl (C=O) groups excluding carboxylic acids is 3. The summed E-state index contributed by atoms with van der Waals surface area (Å²) in [5.74, 6) is -3.06. The number of cyclic esters (lactones) is 1. The topological polar surface area (TPSA) is 96.4 Å². The fourth-order valence-corrected chi connectivity index (χ4v) is 6.05. The van der Waals surface area contributed by atoms with Crippen LogP contribution in [0.4, 0.5) is 5.69 Å². The minimum Gasteiger partial charge on any atom is -0.465 e. The Balaban J connectivity index is 1.66. The van der Waals surface area contributed by atoms with Gasteiger partial charge in [0.1, 0.15) is 23.2 Å². The van der Waals surface area contributed by atoms with Crippen LogP contribution in [0.3, 0.4) is 0 Å². The first-order chi connectivity index (χ1) is 16.4. The summed E-state index contributed by atoms with van der Waals surface area (Å²) in [6.45, 7) is 2.02. The third kappa shape index (κ3) is 3.23. The first-order valence-electron chi connectivity index (χ1n) is 11.6. The van der Waals surface area contributed by atoms with Crippen LogP contribution in [0.1, 0.15) is 19.8 Å². The van der Waals surface area contributed by atoms with Crippen molar-refractivity contribution in [1.29, 1.82) is 0 Å². The minimum absolute atomic E-state index is 0.0458. The molecule has 1 aromatic rings. The Morgan fingerprint density at radius 3 is 2.56 bits per heavy atom. The van der Waals surface area contributed by atoms with Crippen molar-refractivity contribution in [1.82, 2.24) is 4.90 Å². The van der Waals surface area contributed by atoms with Gasteiger partial charge in [-0.1, -0.05) is 42.8 Å². The second-order valence-corrected chi connectivity index (χ2v) is 9.50. The van der Waals surface area contributed by atoms with Crippen LogP contribution in [-0.2, 0) is 23.9 Å². The largest absolute Gasteiger partial charge is 0.465 e. The normalized spacial score (nSPS) is 34.8. The molecule has 0 aliphatic carbocycles. The van der Waals surface area contributed by atoms with E-state index in [0.29, 0.717) is 23.6 Å². The molecule has 4 heterocycles. The van der Waals surface area contributed by atoms with Gasteiger partial charge in [-0.25, -0.2) is 0 Å². The molecular weight excluding hydrogens is 460 g/mol. The molecule has 2 fully saturated rings. The molecule has 0 saturated carbocycles. The van der Waals surface area contributed by atoms with Gasteiger partial charge in [-0.05, 0) is 37.1 Å². The zero-order valence-electron chi connectivity index (χ0n) is 18.9. The van der Waals surface area contributed by atoms with Crippen LogP contribution in [-0.4, -0.2) is 71.3 Å². The lowest BCUT2D eigenvalue weighted by atomic mass is 9.73. The third-order valence-electron chi connectivity index (χ3n) is 7.38. The van der Waals surface area contributed by atoms with Crippen LogP contribution in [0.5, 0.6) is 0 Å². The van der Waals surface area contributed by atoms with Crippen molar-refractivity contribution in [3.05, 3.63) is 53.6 Å². The lowest BCUT2D eigenvalue weighted by Crippen LogP contribution is -2.56. The Morgan fingerprint density at radius 1 is 1.09 bits per heavy atom. The van der Waals surface area contributed by atoms with Crippen molar-refractivity contribution in [3.8, 4) is 0 Å². The van der Waals surface area contributed by atoms with Crippen molar-refractivity contribution < 1.29 is 29.0 Å². The van der Waals surface area contributed by atoms with Gasteiger partial charge in [0.2, 0.25) is 5.91 Å². The fraction of sp³-hybridized carbons (Fsp3) is 0.480. The van der Waals surface area contributed by atoms with E-state index in [0.717, 1.165) is 0 Å². The van der Waals surface area contributed by atoms with E-state index < -0.39 is 35.0 Å². The number of benzene rings is 1. The van der Waals surface area contributed by atoms with Crippen molar-refractivity contribution >= 4 is 35.1 Å². The molecule has 180 valence electrons. The Kier molecular flexibility index (Phi) is 5.78. The molecule has 9 heteroatoms. The quantitative estimate of drug-likeness (QED) is 0.517. The van der Waals surface area contributed by atoms with Gasteiger partial charge in [0.05, 0.1) is 19.1 Å². The highest BCUT2D eigenvalue weighted by atomic mass is 35.5. The number of esters is 1. The number of amides is 2. The first-order valence-corrected chi connectivity index (χ1v) is 12.0. The third-order valence-corrected chi connectivity index (χ3v) is 7.63. The lowest BCUT2D eigenvalue weighted by Gasteiger charge is -2.38. The van der Waals surface area contributed by atoms with Crippen LogP contribution in [0.15, 0.2) is 48.6 Å². The zero-order valence-corrected chi connectivity index (χ0v) is 19.6. The van der Waals surface area contributed by atoms with Gasteiger partial charge in [0, 0.05) is 23.8 Å². The number of nitrogens with zero attached hydrogens (tertiary/aromatic N) is 2. The van der Waals surface area contributed by atoms with Gasteiger partial charge in [0.25, 0.3) is 5.91 Å². The van der Waals surface area contributed by atoms with Crippen LogP contribution >= 0.6 is 11.6 Å². The molecule has 0 aromatic heterocycles. The smallest absolute Gasteiger partial charge is 0.313 e. The molecular formula is C25H27ClN2O6. The maximum atomic E-state index is 14.1. The fourth-order valence-electron chi connectivity index (χ4n) is 5.93. The molecule has 5 atom stereocenters. The average Bonchev–Trinajstić information content (AvgIpc) is 3.15. The predicted octanol–water partition coefficient (Wildman–Crippen LogP) is 2.10. The SMILES string of the molecule is CC[C@]12C=CCCOC(=O)[C@H]1[C@H]1C(=O)N(CCO)C3C(=O)N(c4ccc(Cl)cc4)CC=C[C@@]31O2. The molecule has 1 N–H and O–H groups in total. The van der Waals surface area contributed by atoms with E-state index in [-0.39, 0.29) is 38.1 Å². The number of ether oxygens (including phenoxy) is 2. The summed E-state index contributed by atoms with van der Waals surface area (Å²) in [7, 11) is 0. The maximum absolute atomic E-state index is 14.1. The Hall–Kier alpha value is -2.68.